The van der Waals surface area contributed by atoms with Crippen LogP contribution in [0.5, 0.6) is 0 Å². The predicted octanol–water partition coefficient (Wildman–Crippen LogP) is 1.91. The van der Waals surface area contributed by atoms with Gasteiger partial charge < -0.3 is 11.1 Å². The average molecular weight is 277 g/mol. The van der Waals surface area contributed by atoms with Crippen LogP contribution >= 0.6 is 11.6 Å². The first-order chi connectivity index (χ1) is 9.15. The summed E-state index contributed by atoms with van der Waals surface area (Å²) in [5, 5.41) is 4.06. The molecule has 0 heterocycles. The second-order valence-corrected chi connectivity index (χ2v) is 4.40. The molecule has 0 saturated heterocycles. The summed E-state index contributed by atoms with van der Waals surface area (Å²) in [5.41, 5.74) is 6.13. The lowest BCUT2D eigenvalue weighted by atomic mass is 9.98. The van der Waals surface area contributed by atoms with Crippen LogP contribution in [0.15, 0.2) is 36.4 Å². The number of fused-ring (bicyclic) bond motifs is 1. The molecule has 0 aliphatic rings. The van der Waals surface area contributed by atoms with Crippen LogP contribution in [0.2, 0.25) is 0 Å². The molecule has 0 saturated carbocycles. The molecule has 2 aromatic rings. The van der Waals surface area contributed by atoms with Crippen LogP contribution in [-0.4, -0.2) is 24.2 Å². The number of amides is 2. The summed E-state index contributed by atoms with van der Waals surface area (Å²) in [4.78, 5) is 23.5. The zero-order valence-corrected chi connectivity index (χ0v) is 10.9. The highest BCUT2D eigenvalue weighted by molar-refractivity contribution is 6.18. The minimum absolute atomic E-state index is 0.264. The monoisotopic (exact) mass is 276 g/mol. The Bertz CT molecular complexity index is 635. The molecule has 19 heavy (non-hydrogen) atoms. The van der Waals surface area contributed by atoms with Crippen molar-refractivity contribution >= 4 is 34.2 Å². The van der Waals surface area contributed by atoms with Gasteiger partial charge in [-0.1, -0.05) is 24.3 Å². The molecule has 0 spiro atoms. The Hall–Kier alpha value is -2.07. The van der Waals surface area contributed by atoms with Crippen LogP contribution in [0.3, 0.4) is 0 Å². The molecule has 98 valence electrons. The fraction of sp³-hybridized carbons (Fsp3) is 0.143. The van der Waals surface area contributed by atoms with Gasteiger partial charge in [0, 0.05) is 28.9 Å². The summed E-state index contributed by atoms with van der Waals surface area (Å²) >= 11 is 5.54. The number of rotatable bonds is 4. The van der Waals surface area contributed by atoms with Crippen LogP contribution in [0.1, 0.15) is 20.7 Å². The van der Waals surface area contributed by atoms with Gasteiger partial charge in [0.25, 0.3) is 5.91 Å². The fourth-order valence-corrected chi connectivity index (χ4v) is 2.09. The van der Waals surface area contributed by atoms with E-state index in [0.717, 1.165) is 5.39 Å². The molecule has 3 N–H and O–H groups in total. The molecule has 0 atom stereocenters. The van der Waals surface area contributed by atoms with E-state index in [1.807, 2.05) is 12.1 Å². The number of hydrogen-bond acceptors (Lipinski definition) is 2. The minimum Gasteiger partial charge on any atom is -0.366 e. The lowest BCUT2D eigenvalue weighted by Gasteiger charge is -2.09. The van der Waals surface area contributed by atoms with E-state index < -0.39 is 5.91 Å². The molecule has 0 radical (unpaired) electrons. The fourth-order valence-electron chi connectivity index (χ4n) is 1.99. The van der Waals surface area contributed by atoms with Crippen molar-refractivity contribution in [3.05, 3.63) is 47.5 Å². The van der Waals surface area contributed by atoms with Gasteiger partial charge in [-0.25, -0.2) is 0 Å². The van der Waals surface area contributed by atoms with Crippen molar-refractivity contribution in [2.75, 3.05) is 12.4 Å². The van der Waals surface area contributed by atoms with Crippen molar-refractivity contribution in [1.29, 1.82) is 0 Å². The van der Waals surface area contributed by atoms with Crippen LogP contribution in [0.4, 0.5) is 0 Å². The molecule has 0 unspecified atom stereocenters. The van der Waals surface area contributed by atoms with Crippen molar-refractivity contribution in [3.8, 4) is 0 Å². The number of alkyl halides is 1. The van der Waals surface area contributed by atoms with Gasteiger partial charge in [-0.15, -0.1) is 11.6 Å². The van der Waals surface area contributed by atoms with E-state index >= 15 is 0 Å². The second-order valence-electron chi connectivity index (χ2n) is 4.02. The molecular weight excluding hydrogens is 264 g/mol. The Morgan fingerprint density at radius 1 is 1.11 bits per heavy atom. The zero-order valence-electron chi connectivity index (χ0n) is 10.2. The molecule has 0 bridgehead atoms. The number of carbonyl (C=O) groups excluding carboxylic acids is 2. The maximum absolute atomic E-state index is 12.1. The third-order valence-corrected chi connectivity index (χ3v) is 2.98. The SMILES string of the molecule is NC(=O)c1cccc2cccc(C(=O)NCCCl)c12. The van der Waals surface area contributed by atoms with Crippen LogP contribution < -0.4 is 11.1 Å². The van der Waals surface area contributed by atoms with Crippen molar-refractivity contribution < 1.29 is 9.59 Å². The number of benzene rings is 2. The van der Waals surface area contributed by atoms with E-state index in [1.165, 1.54) is 0 Å². The maximum Gasteiger partial charge on any atom is 0.251 e. The number of halogens is 1. The van der Waals surface area contributed by atoms with Gasteiger partial charge in [-0.3, -0.25) is 9.59 Å². The minimum atomic E-state index is -0.553. The molecule has 0 aliphatic carbocycles. The smallest absolute Gasteiger partial charge is 0.251 e. The summed E-state index contributed by atoms with van der Waals surface area (Å²) in [6.07, 6.45) is 0. The molecule has 5 heteroatoms. The Morgan fingerprint density at radius 3 is 2.32 bits per heavy atom. The normalized spacial score (nSPS) is 10.4. The quantitative estimate of drug-likeness (QED) is 0.837. The third kappa shape index (κ3) is 2.69. The Balaban J connectivity index is 2.60. The van der Waals surface area contributed by atoms with Crippen LogP contribution in [0.25, 0.3) is 10.8 Å². The highest BCUT2D eigenvalue weighted by Crippen LogP contribution is 2.23. The zero-order chi connectivity index (χ0) is 13.8. The van der Waals surface area contributed by atoms with Gasteiger partial charge in [-0.2, -0.15) is 0 Å². The van der Waals surface area contributed by atoms with Gasteiger partial charge in [0.15, 0.2) is 0 Å². The van der Waals surface area contributed by atoms with Crippen molar-refractivity contribution in [1.82, 2.24) is 5.32 Å². The Morgan fingerprint density at radius 2 is 1.74 bits per heavy atom. The van der Waals surface area contributed by atoms with E-state index in [4.69, 9.17) is 17.3 Å². The molecule has 0 aromatic heterocycles. The van der Waals surface area contributed by atoms with Gasteiger partial charge >= 0.3 is 0 Å². The topological polar surface area (TPSA) is 72.2 Å². The summed E-state index contributed by atoms with van der Waals surface area (Å²) in [7, 11) is 0. The van der Waals surface area contributed by atoms with Crippen LogP contribution in [-0.2, 0) is 0 Å². The molecule has 0 aliphatic heterocycles. The highest BCUT2D eigenvalue weighted by Gasteiger charge is 2.14. The third-order valence-electron chi connectivity index (χ3n) is 2.79. The molecule has 2 aromatic carbocycles. The van der Waals surface area contributed by atoms with E-state index in [0.29, 0.717) is 28.9 Å². The Labute approximate surface area is 115 Å². The lowest BCUT2D eigenvalue weighted by molar-refractivity contribution is 0.0957. The van der Waals surface area contributed by atoms with Crippen molar-refractivity contribution in [3.63, 3.8) is 0 Å². The highest BCUT2D eigenvalue weighted by atomic mass is 35.5. The molecular formula is C14H13ClN2O2. The van der Waals surface area contributed by atoms with E-state index in [9.17, 15) is 9.59 Å². The number of hydrogen-bond donors (Lipinski definition) is 2. The second kappa shape index (κ2) is 5.71. The predicted molar refractivity (Wildman–Crippen MR) is 75.5 cm³/mol. The molecule has 2 rings (SSSR count). The van der Waals surface area contributed by atoms with Gasteiger partial charge in [0.1, 0.15) is 0 Å². The molecule has 0 fully saturated rings. The molecule has 2 amide bonds. The van der Waals surface area contributed by atoms with E-state index in [-0.39, 0.29) is 5.91 Å². The summed E-state index contributed by atoms with van der Waals surface area (Å²) in [5.74, 6) is -0.484. The van der Waals surface area contributed by atoms with Crippen molar-refractivity contribution in [2.45, 2.75) is 0 Å². The van der Waals surface area contributed by atoms with E-state index in [2.05, 4.69) is 5.32 Å². The largest absolute Gasteiger partial charge is 0.366 e. The summed E-state index contributed by atoms with van der Waals surface area (Å²) in [6, 6.07) is 10.5. The number of carbonyl (C=O) groups is 2. The number of primary amides is 1. The first kappa shape index (κ1) is 13.4. The number of nitrogens with one attached hydrogen (secondary N) is 1. The van der Waals surface area contributed by atoms with Crippen molar-refractivity contribution in [2.24, 2.45) is 5.73 Å². The van der Waals surface area contributed by atoms with Gasteiger partial charge in [0.2, 0.25) is 5.91 Å². The lowest BCUT2D eigenvalue weighted by Crippen LogP contribution is -2.26. The summed E-state index contributed by atoms with van der Waals surface area (Å²) < 4.78 is 0. The summed E-state index contributed by atoms with van der Waals surface area (Å²) in [6.45, 7) is 0.371. The van der Waals surface area contributed by atoms with E-state index in [1.54, 1.807) is 24.3 Å². The Kier molecular flexibility index (Phi) is 4.02. The van der Waals surface area contributed by atoms with Gasteiger partial charge in [0.05, 0.1) is 0 Å². The standard InChI is InChI=1S/C14H13ClN2O2/c15-7-8-17-14(19)11-6-2-4-9-3-1-5-10(12(9)11)13(16)18/h1-6H,7-8H2,(H2,16,18)(H,17,19). The number of nitrogens with two attached hydrogens (primary N) is 1. The molecule has 4 nitrogen and oxygen atoms in total. The first-order valence-corrected chi connectivity index (χ1v) is 6.34. The van der Waals surface area contributed by atoms with Crippen LogP contribution in [0, 0.1) is 0 Å². The maximum atomic E-state index is 12.1. The average Bonchev–Trinajstić information content (AvgIpc) is 2.43. The van der Waals surface area contributed by atoms with Gasteiger partial charge in [-0.05, 0) is 17.5 Å². The first-order valence-electron chi connectivity index (χ1n) is 5.81.